The van der Waals surface area contributed by atoms with Gasteiger partial charge in [0.1, 0.15) is 6.61 Å². The Bertz CT molecular complexity index is 759. The molecule has 0 aliphatic carbocycles. The molecule has 1 saturated heterocycles. The third kappa shape index (κ3) is 2.64. The summed E-state index contributed by atoms with van der Waals surface area (Å²) >= 11 is 6.08. The summed E-state index contributed by atoms with van der Waals surface area (Å²) in [6, 6.07) is 5.17. The Morgan fingerprint density at radius 1 is 1.43 bits per heavy atom. The molecule has 1 amide bonds. The van der Waals surface area contributed by atoms with Crippen molar-refractivity contribution in [1.29, 1.82) is 0 Å². The maximum Gasteiger partial charge on any atom is 0.262 e. The van der Waals surface area contributed by atoms with Gasteiger partial charge in [0, 0.05) is 13.6 Å². The number of carbonyl (C=O) groups is 1. The minimum absolute atomic E-state index is 0.0394. The van der Waals surface area contributed by atoms with Crippen LogP contribution >= 0.6 is 11.6 Å². The molecule has 1 atom stereocenters. The molecule has 2 aromatic rings. The Balaban J connectivity index is 1.91. The number of amides is 1. The molecule has 0 bridgehead atoms. The number of hydrogen-bond donors (Lipinski definition) is 0. The highest BCUT2D eigenvalue weighted by Gasteiger charge is 2.24. The van der Waals surface area contributed by atoms with Gasteiger partial charge in [-0.2, -0.15) is 0 Å². The second-order valence-electron chi connectivity index (χ2n) is 5.04. The number of fused-ring (bicyclic) bond motifs is 1. The van der Waals surface area contributed by atoms with Gasteiger partial charge >= 0.3 is 0 Å². The highest BCUT2D eigenvalue weighted by Crippen LogP contribution is 2.17. The van der Waals surface area contributed by atoms with Crippen molar-refractivity contribution in [2.75, 3.05) is 20.2 Å². The Morgan fingerprint density at radius 2 is 2.24 bits per heavy atom. The number of aromatic nitrogens is 2. The van der Waals surface area contributed by atoms with Crippen molar-refractivity contribution >= 4 is 28.4 Å². The molecule has 0 saturated carbocycles. The van der Waals surface area contributed by atoms with Gasteiger partial charge in [0.25, 0.3) is 5.56 Å². The van der Waals surface area contributed by atoms with E-state index < -0.39 is 0 Å². The van der Waals surface area contributed by atoms with E-state index in [4.69, 9.17) is 16.3 Å². The summed E-state index contributed by atoms with van der Waals surface area (Å²) in [6.45, 7) is 0.828. The fourth-order valence-corrected chi connectivity index (χ4v) is 2.63. The molecular formula is C14H14ClN3O3. The van der Waals surface area contributed by atoms with E-state index in [1.807, 2.05) is 0 Å². The fourth-order valence-electron chi connectivity index (χ4n) is 2.38. The monoisotopic (exact) mass is 307 g/mol. The first kappa shape index (κ1) is 14.0. The first-order valence-electron chi connectivity index (χ1n) is 6.55. The van der Waals surface area contributed by atoms with Crippen molar-refractivity contribution in [1.82, 2.24) is 14.5 Å². The lowest BCUT2D eigenvalue weighted by molar-refractivity contribution is -0.147. The molecule has 1 aromatic carbocycles. The van der Waals surface area contributed by atoms with Crippen molar-refractivity contribution < 1.29 is 9.53 Å². The van der Waals surface area contributed by atoms with Crippen molar-refractivity contribution in [2.24, 2.45) is 0 Å². The van der Waals surface area contributed by atoms with Crippen LogP contribution in [0.1, 0.15) is 0 Å². The van der Waals surface area contributed by atoms with E-state index in [2.05, 4.69) is 4.98 Å². The highest BCUT2D eigenvalue weighted by molar-refractivity contribution is 6.35. The first-order valence-corrected chi connectivity index (χ1v) is 6.93. The van der Waals surface area contributed by atoms with Crippen LogP contribution in [-0.2, 0) is 16.1 Å². The number of carbonyl (C=O) groups excluding carboxylic acids is 1. The number of morpholine rings is 1. The molecule has 1 aliphatic heterocycles. The summed E-state index contributed by atoms with van der Waals surface area (Å²) in [7, 11) is 1.72. The summed E-state index contributed by atoms with van der Waals surface area (Å²) in [4.78, 5) is 29.7. The maximum absolute atomic E-state index is 12.5. The lowest BCUT2D eigenvalue weighted by atomic mass is 10.2. The van der Waals surface area contributed by atoms with Crippen molar-refractivity contribution in [3.05, 3.63) is 39.9 Å². The number of likely N-dealkylation sites (N-methyl/N-ethyl adjacent to an activating group) is 1. The molecular weight excluding hydrogens is 294 g/mol. The van der Waals surface area contributed by atoms with Gasteiger partial charge in [0.15, 0.2) is 0 Å². The molecule has 110 valence electrons. The smallest absolute Gasteiger partial charge is 0.262 e. The van der Waals surface area contributed by atoms with Crippen LogP contribution in [0.25, 0.3) is 10.9 Å². The van der Waals surface area contributed by atoms with Crippen LogP contribution < -0.4 is 5.56 Å². The SMILES string of the molecule is CN1C[C@@H](Cn2cnc3cccc(Cl)c3c2=O)OCC1=O. The summed E-state index contributed by atoms with van der Waals surface area (Å²) in [5.74, 6) is -0.0572. The summed E-state index contributed by atoms with van der Waals surface area (Å²) < 4.78 is 6.92. The van der Waals surface area contributed by atoms with Gasteiger partial charge in [-0.05, 0) is 12.1 Å². The van der Waals surface area contributed by atoms with Gasteiger partial charge in [0.05, 0.1) is 34.9 Å². The molecule has 21 heavy (non-hydrogen) atoms. The highest BCUT2D eigenvalue weighted by atomic mass is 35.5. The first-order chi connectivity index (χ1) is 10.1. The van der Waals surface area contributed by atoms with Gasteiger partial charge in [-0.25, -0.2) is 4.98 Å². The predicted octanol–water partition coefficient (Wildman–Crippen LogP) is 0.907. The Labute approximate surface area is 125 Å². The Kier molecular flexibility index (Phi) is 3.65. The second kappa shape index (κ2) is 5.46. The van der Waals surface area contributed by atoms with E-state index in [0.717, 1.165) is 0 Å². The van der Waals surface area contributed by atoms with E-state index in [9.17, 15) is 9.59 Å². The van der Waals surface area contributed by atoms with Crippen LogP contribution in [0.3, 0.4) is 0 Å². The number of hydrogen-bond acceptors (Lipinski definition) is 4. The van der Waals surface area contributed by atoms with Crippen molar-refractivity contribution in [3.8, 4) is 0 Å². The molecule has 0 unspecified atom stereocenters. The Hall–Kier alpha value is -1.92. The quantitative estimate of drug-likeness (QED) is 0.827. The molecule has 1 fully saturated rings. The van der Waals surface area contributed by atoms with E-state index >= 15 is 0 Å². The van der Waals surface area contributed by atoms with Crippen molar-refractivity contribution in [2.45, 2.75) is 12.6 Å². The average molecular weight is 308 g/mol. The van der Waals surface area contributed by atoms with Crippen LogP contribution in [0.4, 0.5) is 0 Å². The summed E-state index contributed by atoms with van der Waals surface area (Å²) in [6.07, 6.45) is 1.26. The molecule has 3 rings (SSSR count). The lowest BCUT2D eigenvalue weighted by Crippen LogP contribution is -2.46. The molecule has 7 heteroatoms. The zero-order chi connectivity index (χ0) is 15.0. The Morgan fingerprint density at radius 3 is 3.00 bits per heavy atom. The minimum Gasteiger partial charge on any atom is -0.365 e. The number of nitrogens with zero attached hydrogens (tertiary/aromatic N) is 3. The standard InChI is InChI=1S/C14H14ClN3O3/c1-17-5-9(21-7-12(17)19)6-18-8-16-11-4-2-3-10(15)13(11)14(18)20/h2-4,8-9H,5-7H2,1H3/t9-/m0/s1. The fraction of sp³-hybridized carbons (Fsp3) is 0.357. The van der Waals surface area contributed by atoms with Gasteiger partial charge in [-0.3, -0.25) is 14.2 Å². The predicted molar refractivity (Wildman–Crippen MR) is 78.4 cm³/mol. The largest absolute Gasteiger partial charge is 0.365 e. The molecule has 1 aromatic heterocycles. The van der Waals surface area contributed by atoms with Gasteiger partial charge in [-0.1, -0.05) is 17.7 Å². The van der Waals surface area contributed by atoms with Crippen LogP contribution in [0, 0.1) is 0 Å². The molecule has 6 nitrogen and oxygen atoms in total. The number of rotatable bonds is 2. The van der Waals surface area contributed by atoms with E-state index in [-0.39, 0.29) is 24.2 Å². The third-order valence-electron chi connectivity index (χ3n) is 3.55. The third-order valence-corrected chi connectivity index (χ3v) is 3.86. The van der Waals surface area contributed by atoms with Gasteiger partial charge in [0.2, 0.25) is 5.91 Å². The van der Waals surface area contributed by atoms with Crippen LogP contribution in [0.2, 0.25) is 5.02 Å². The maximum atomic E-state index is 12.5. The molecule has 2 heterocycles. The van der Waals surface area contributed by atoms with Crippen LogP contribution in [0.5, 0.6) is 0 Å². The molecule has 0 radical (unpaired) electrons. The minimum atomic E-state index is -0.230. The van der Waals surface area contributed by atoms with E-state index in [1.165, 1.54) is 10.9 Å². The van der Waals surface area contributed by atoms with E-state index in [0.29, 0.717) is 29.0 Å². The normalized spacial score (nSPS) is 19.2. The molecule has 0 N–H and O–H groups in total. The lowest BCUT2D eigenvalue weighted by Gasteiger charge is -2.30. The topological polar surface area (TPSA) is 64.4 Å². The second-order valence-corrected chi connectivity index (χ2v) is 5.45. The number of benzene rings is 1. The van der Waals surface area contributed by atoms with Crippen molar-refractivity contribution in [3.63, 3.8) is 0 Å². The number of halogens is 1. The summed E-state index contributed by atoms with van der Waals surface area (Å²) in [5.41, 5.74) is 0.370. The summed E-state index contributed by atoms with van der Waals surface area (Å²) in [5, 5.41) is 0.790. The molecule has 1 aliphatic rings. The zero-order valence-electron chi connectivity index (χ0n) is 11.5. The van der Waals surface area contributed by atoms with Crippen LogP contribution in [-0.4, -0.2) is 46.7 Å². The average Bonchev–Trinajstić information content (AvgIpc) is 2.46. The van der Waals surface area contributed by atoms with E-state index in [1.54, 1.807) is 30.1 Å². The van der Waals surface area contributed by atoms with Gasteiger partial charge < -0.3 is 9.64 Å². The number of ether oxygens (including phenoxy) is 1. The van der Waals surface area contributed by atoms with Gasteiger partial charge in [-0.15, -0.1) is 0 Å². The van der Waals surface area contributed by atoms with Crippen LogP contribution in [0.15, 0.2) is 29.3 Å². The molecule has 0 spiro atoms. The zero-order valence-corrected chi connectivity index (χ0v) is 12.2.